The Balaban J connectivity index is 0.00000210. The van der Waals surface area contributed by atoms with Gasteiger partial charge in [-0.3, -0.25) is 4.79 Å². The summed E-state index contributed by atoms with van der Waals surface area (Å²) in [6, 6.07) is 2.37. The molecule has 0 spiro atoms. The van der Waals surface area contributed by atoms with Crippen molar-refractivity contribution in [1.29, 1.82) is 0 Å². The maximum absolute atomic E-state index is 12.7. The van der Waals surface area contributed by atoms with Gasteiger partial charge in [0.2, 0.25) is 5.91 Å². The first-order valence-corrected chi connectivity index (χ1v) is 8.84. The molecular weight excluding hydrogens is 430 g/mol. The van der Waals surface area contributed by atoms with Gasteiger partial charge in [-0.15, -0.1) is 24.8 Å². The van der Waals surface area contributed by atoms with Crippen molar-refractivity contribution >= 4 is 30.7 Å². The summed E-state index contributed by atoms with van der Waals surface area (Å²) in [5.41, 5.74) is 1.30. The first-order valence-electron chi connectivity index (χ1n) is 8.84. The number of aryl methyl sites for hydroxylation is 1. The molecule has 0 aliphatic carbocycles. The molecule has 1 amide bonds. The van der Waals surface area contributed by atoms with Crippen molar-refractivity contribution in [2.45, 2.75) is 45.3 Å². The number of nitrogens with zero attached hydrogens (tertiary/aromatic N) is 3. The number of pyridine rings is 1. The predicted octanol–water partition coefficient (Wildman–Crippen LogP) is 3.16. The molecule has 1 atom stereocenters. The van der Waals surface area contributed by atoms with E-state index in [1.54, 1.807) is 13.8 Å². The third-order valence-corrected chi connectivity index (χ3v) is 4.73. The molecule has 3 heterocycles. The highest BCUT2D eigenvalue weighted by Gasteiger charge is 2.31. The molecule has 1 saturated heterocycles. The van der Waals surface area contributed by atoms with Crippen LogP contribution in [0.15, 0.2) is 18.3 Å². The first-order chi connectivity index (χ1) is 12.8. The van der Waals surface area contributed by atoms with Gasteiger partial charge in [-0.05, 0) is 45.4 Å². The minimum absolute atomic E-state index is 0. The smallest absolute Gasteiger partial charge is 0.352 e. The zero-order valence-corrected chi connectivity index (χ0v) is 17.7. The van der Waals surface area contributed by atoms with Gasteiger partial charge in [-0.1, -0.05) is 0 Å². The molecule has 1 aliphatic rings. The third kappa shape index (κ3) is 6.07. The molecule has 2 N–H and O–H groups in total. The van der Waals surface area contributed by atoms with Gasteiger partial charge in [-0.2, -0.15) is 18.3 Å². The van der Waals surface area contributed by atoms with Gasteiger partial charge in [-0.25, -0.2) is 9.67 Å². The first kappa shape index (κ1) is 25.2. The number of halogens is 5. The number of hydrogen-bond acceptors (Lipinski definition) is 4. The molecule has 1 fully saturated rings. The summed E-state index contributed by atoms with van der Waals surface area (Å²) in [7, 11) is 0. The van der Waals surface area contributed by atoms with Gasteiger partial charge in [0.25, 0.3) is 0 Å². The van der Waals surface area contributed by atoms with Crippen molar-refractivity contribution < 1.29 is 18.0 Å². The Bertz CT molecular complexity index is 818. The largest absolute Gasteiger partial charge is 0.417 e. The standard InChI is InChI=1S/C18H22F3N5O.2ClH/c1-11-15(8-17(27)24-14-4-3-7-22-10-14)12(2)26(25-11)16-6-5-13(9-23-16)18(19,20)21;;/h5-6,9,14,22H,3-4,7-8,10H2,1-2H3,(H,24,27);2*1H/t14-;;/m0../s1. The van der Waals surface area contributed by atoms with Crippen LogP contribution in [-0.4, -0.2) is 39.8 Å². The minimum atomic E-state index is -4.43. The van der Waals surface area contributed by atoms with E-state index in [0.29, 0.717) is 11.4 Å². The molecule has 2 aromatic rings. The van der Waals surface area contributed by atoms with E-state index in [0.717, 1.165) is 43.8 Å². The Morgan fingerprint density at radius 3 is 2.59 bits per heavy atom. The fourth-order valence-corrected chi connectivity index (χ4v) is 3.25. The minimum Gasteiger partial charge on any atom is -0.352 e. The van der Waals surface area contributed by atoms with E-state index < -0.39 is 11.7 Å². The fraction of sp³-hybridized carbons (Fsp3) is 0.500. The predicted molar refractivity (Wildman–Crippen MR) is 108 cm³/mol. The van der Waals surface area contributed by atoms with Crippen LogP contribution in [0.3, 0.4) is 0 Å². The third-order valence-electron chi connectivity index (χ3n) is 4.73. The van der Waals surface area contributed by atoms with Crippen molar-refractivity contribution in [2.75, 3.05) is 13.1 Å². The number of rotatable bonds is 4. The summed E-state index contributed by atoms with van der Waals surface area (Å²) >= 11 is 0. The van der Waals surface area contributed by atoms with E-state index >= 15 is 0 Å². The number of nitrogens with one attached hydrogen (secondary N) is 2. The van der Waals surface area contributed by atoms with Crippen LogP contribution in [0, 0.1) is 13.8 Å². The summed E-state index contributed by atoms with van der Waals surface area (Å²) in [5.74, 6) is 0.196. The Kier molecular flexibility index (Phi) is 8.92. The van der Waals surface area contributed by atoms with E-state index in [-0.39, 0.29) is 49.0 Å². The maximum atomic E-state index is 12.7. The quantitative estimate of drug-likeness (QED) is 0.745. The van der Waals surface area contributed by atoms with Crippen LogP contribution in [0.5, 0.6) is 0 Å². The lowest BCUT2D eigenvalue weighted by atomic mass is 10.1. The zero-order valence-electron chi connectivity index (χ0n) is 16.0. The van der Waals surface area contributed by atoms with Crippen molar-refractivity contribution in [3.63, 3.8) is 0 Å². The average molecular weight is 454 g/mol. The van der Waals surface area contributed by atoms with E-state index in [9.17, 15) is 18.0 Å². The van der Waals surface area contributed by atoms with Gasteiger partial charge in [0.1, 0.15) is 0 Å². The van der Waals surface area contributed by atoms with Crippen molar-refractivity contribution in [2.24, 2.45) is 0 Å². The molecule has 29 heavy (non-hydrogen) atoms. The Morgan fingerprint density at radius 2 is 2.03 bits per heavy atom. The zero-order chi connectivity index (χ0) is 19.6. The van der Waals surface area contributed by atoms with Crippen molar-refractivity contribution in [3.05, 3.63) is 40.8 Å². The SMILES string of the molecule is Cc1nn(-c2ccc(C(F)(F)F)cn2)c(C)c1CC(=O)N[C@H]1CCCNC1.Cl.Cl. The lowest BCUT2D eigenvalue weighted by Crippen LogP contribution is -2.46. The second-order valence-corrected chi connectivity index (χ2v) is 6.75. The second kappa shape index (κ2) is 10.3. The topological polar surface area (TPSA) is 71.8 Å². The number of piperidine rings is 1. The number of amides is 1. The molecule has 11 heteroatoms. The van der Waals surface area contributed by atoms with Gasteiger partial charge >= 0.3 is 6.18 Å². The molecule has 2 aromatic heterocycles. The Labute approximate surface area is 179 Å². The highest BCUT2D eigenvalue weighted by Crippen LogP contribution is 2.29. The molecule has 0 unspecified atom stereocenters. The van der Waals surface area contributed by atoms with E-state index in [1.807, 2.05) is 0 Å². The molecule has 0 aromatic carbocycles. The molecule has 0 saturated carbocycles. The summed E-state index contributed by atoms with van der Waals surface area (Å²) in [6.45, 7) is 5.29. The molecular formula is C18H24Cl2F3N5O. The lowest BCUT2D eigenvalue weighted by Gasteiger charge is -2.23. The number of alkyl halides is 3. The monoisotopic (exact) mass is 453 g/mol. The Hall–Kier alpha value is -1.84. The Morgan fingerprint density at radius 1 is 1.31 bits per heavy atom. The van der Waals surface area contributed by atoms with E-state index in [1.165, 1.54) is 10.7 Å². The van der Waals surface area contributed by atoms with E-state index in [2.05, 4.69) is 20.7 Å². The number of carbonyl (C=O) groups is 1. The van der Waals surface area contributed by atoms with Crippen molar-refractivity contribution in [1.82, 2.24) is 25.4 Å². The number of hydrogen-bond donors (Lipinski definition) is 2. The molecule has 6 nitrogen and oxygen atoms in total. The van der Waals surface area contributed by atoms with E-state index in [4.69, 9.17) is 0 Å². The molecule has 0 bridgehead atoms. The van der Waals surface area contributed by atoms with Crippen LogP contribution >= 0.6 is 24.8 Å². The molecule has 3 rings (SSSR count). The van der Waals surface area contributed by atoms with Crippen LogP contribution in [0.1, 0.15) is 35.4 Å². The number of carbonyl (C=O) groups excluding carboxylic acids is 1. The summed E-state index contributed by atoms with van der Waals surface area (Å²) in [6.07, 6.45) is -1.49. The molecule has 0 radical (unpaired) electrons. The van der Waals surface area contributed by atoms with Crippen LogP contribution < -0.4 is 10.6 Å². The van der Waals surface area contributed by atoms with Crippen LogP contribution in [-0.2, 0) is 17.4 Å². The van der Waals surface area contributed by atoms with Gasteiger partial charge in [0, 0.05) is 30.0 Å². The van der Waals surface area contributed by atoms with Gasteiger partial charge in [0.15, 0.2) is 5.82 Å². The normalized spacial score (nSPS) is 16.5. The molecule has 162 valence electrons. The van der Waals surface area contributed by atoms with Gasteiger partial charge < -0.3 is 10.6 Å². The van der Waals surface area contributed by atoms with Crippen LogP contribution in [0.25, 0.3) is 5.82 Å². The van der Waals surface area contributed by atoms with Crippen LogP contribution in [0.2, 0.25) is 0 Å². The average Bonchev–Trinajstić information content (AvgIpc) is 2.90. The van der Waals surface area contributed by atoms with Crippen LogP contribution in [0.4, 0.5) is 13.2 Å². The lowest BCUT2D eigenvalue weighted by molar-refractivity contribution is -0.137. The maximum Gasteiger partial charge on any atom is 0.417 e. The summed E-state index contributed by atoms with van der Waals surface area (Å²) in [4.78, 5) is 16.2. The van der Waals surface area contributed by atoms with Gasteiger partial charge in [0.05, 0.1) is 17.7 Å². The molecule has 1 aliphatic heterocycles. The number of aromatic nitrogens is 3. The fourth-order valence-electron chi connectivity index (χ4n) is 3.25. The summed E-state index contributed by atoms with van der Waals surface area (Å²) in [5, 5.41) is 10.6. The second-order valence-electron chi connectivity index (χ2n) is 6.75. The highest BCUT2D eigenvalue weighted by molar-refractivity contribution is 5.85. The highest BCUT2D eigenvalue weighted by atomic mass is 35.5. The van der Waals surface area contributed by atoms with Crippen molar-refractivity contribution in [3.8, 4) is 5.82 Å². The summed E-state index contributed by atoms with van der Waals surface area (Å²) < 4.78 is 39.6.